The van der Waals surface area contributed by atoms with Crippen molar-refractivity contribution in [1.82, 2.24) is 4.98 Å². The highest BCUT2D eigenvalue weighted by Crippen LogP contribution is 2.30. The van der Waals surface area contributed by atoms with Crippen LogP contribution >= 0.6 is 11.6 Å². The van der Waals surface area contributed by atoms with E-state index in [0.717, 1.165) is 15.9 Å². The Hall–Kier alpha value is -0.990. The topological polar surface area (TPSA) is 41.8 Å². The molecule has 2 nitrogen and oxygen atoms in total. The van der Waals surface area contributed by atoms with Crippen molar-refractivity contribution in [2.24, 2.45) is 5.73 Å². The second-order valence-corrected chi connectivity index (χ2v) is 3.95. The van der Waals surface area contributed by atoms with Crippen molar-refractivity contribution in [3.63, 3.8) is 0 Å². The van der Waals surface area contributed by atoms with Crippen molar-refractivity contribution in [1.29, 1.82) is 0 Å². The molecule has 1 aromatic heterocycles. The Bertz CT molecular complexity index is 447. The molecule has 0 aliphatic rings. The summed E-state index contributed by atoms with van der Waals surface area (Å²) in [5.74, 6) is 0.340. The van der Waals surface area contributed by atoms with E-state index in [2.05, 4.69) is 18.0 Å². The van der Waals surface area contributed by atoms with E-state index >= 15 is 0 Å². The standard InChI is InChI=1S/C11H13ClN2/c1-7(5-13)8-3-2-4-10-11(8)9(12)6-14-10/h2-4,6-7,14H,5,13H2,1H3. The molecule has 3 N–H and O–H groups in total. The van der Waals surface area contributed by atoms with E-state index < -0.39 is 0 Å². The fourth-order valence-corrected chi connectivity index (χ4v) is 1.97. The van der Waals surface area contributed by atoms with Crippen molar-refractivity contribution in [2.45, 2.75) is 12.8 Å². The number of fused-ring (bicyclic) bond motifs is 1. The summed E-state index contributed by atoms with van der Waals surface area (Å²) >= 11 is 6.11. The van der Waals surface area contributed by atoms with Crippen molar-refractivity contribution in [3.05, 3.63) is 35.0 Å². The number of hydrogen-bond acceptors (Lipinski definition) is 1. The average Bonchev–Trinajstić information content (AvgIpc) is 2.59. The SMILES string of the molecule is CC(CN)c1cccc2[nH]cc(Cl)c12. The van der Waals surface area contributed by atoms with Crippen LogP contribution in [0.25, 0.3) is 10.9 Å². The lowest BCUT2D eigenvalue weighted by Crippen LogP contribution is -2.08. The van der Waals surface area contributed by atoms with Gasteiger partial charge in [0.2, 0.25) is 0 Å². The Kier molecular flexibility index (Phi) is 2.48. The zero-order valence-electron chi connectivity index (χ0n) is 8.05. The highest BCUT2D eigenvalue weighted by molar-refractivity contribution is 6.35. The molecule has 0 radical (unpaired) electrons. The Morgan fingerprint density at radius 2 is 2.29 bits per heavy atom. The third-order valence-electron chi connectivity index (χ3n) is 2.57. The minimum Gasteiger partial charge on any atom is -0.360 e. The van der Waals surface area contributed by atoms with E-state index in [1.165, 1.54) is 5.56 Å². The Morgan fingerprint density at radius 1 is 1.50 bits per heavy atom. The molecule has 0 bridgehead atoms. The van der Waals surface area contributed by atoms with Gasteiger partial charge in [-0.3, -0.25) is 0 Å². The van der Waals surface area contributed by atoms with Gasteiger partial charge in [-0.1, -0.05) is 30.7 Å². The lowest BCUT2D eigenvalue weighted by Gasteiger charge is -2.10. The molecule has 0 saturated heterocycles. The number of halogens is 1. The summed E-state index contributed by atoms with van der Waals surface area (Å²) in [6, 6.07) is 6.13. The van der Waals surface area contributed by atoms with Gasteiger partial charge in [-0.05, 0) is 24.1 Å². The van der Waals surface area contributed by atoms with E-state index in [0.29, 0.717) is 12.5 Å². The van der Waals surface area contributed by atoms with Crippen LogP contribution in [0.3, 0.4) is 0 Å². The molecule has 2 rings (SSSR count). The van der Waals surface area contributed by atoms with Crippen LogP contribution in [0.1, 0.15) is 18.4 Å². The fraction of sp³-hybridized carbons (Fsp3) is 0.273. The molecule has 0 amide bonds. The average molecular weight is 209 g/mol. The van der Waals surface area contributed by atoms with Gasteiger partial charge in [0.1, 0.15) is 0 Å². The normalized spacial score (nSPS) is 13.4. The summed E-state index contributed by atoms with van der Waals surface area (Å²) in [5, 5.41) is 1.88. The van der Waals surface area contributed by atoms with Crippen molar-refractivity contribution in [3.8, 4) is 0 Å². The Labute approximate surface area is 88.1 Å². The van der Waals surface area contributed by atoms with Crippen molar-refractivity contribution < 1.29 is 0 Å². The van der Waals surface area contributed by atoms with E-state index in [1.54, 1.807) is 0 Å². The van der Waals surface area contributed by atoms with Gasteiger partial charge < -0.3 is 10.7 Å². The zero-order chi connectivity index (χ0) is 10.1. The summed E-state index contributed by atoms with van der Waals surface area (Å²) in [4.78, 5) is 3.13. The highest BCUT2D eigenvalue weighted by Gasteiger charge is 2.11. The van der Waals surface area contributed by atoms with E-state index in [-0.39, 0.29) is 0 Å². The van der Waals surface area contributed by atoms with Crippen LogP contribution in [0.5, 0.6) is 0 Å². The van der Waals surface area contributed by atoms with Crippen molar-refractivity contribution >= 4 is 22.5 Å². The quantitative estimate of drug-likeness (QED) is 0.783. The first-order valence-corrected chi connectivity index (χ1v) is 5.07. The van der Waals surface area contributed by atoms with E-state index in [4.69, 9.17) is 17.3 Å². The van der Waals surface area contributed by atoms with E-state index in [9.17, 15) is 0 Å². The van der Waals surface area contributed by atoms with Crippen molar-refractivity contribution in [2.75, 3.05) is 6.54 Å². The lowest BCUT2D eigenvalue weighted by atomic mass is 9.98. The molecule has 1 heterocycles. The molecule has 1 aromatic carbocycles. The molecule has 74 valence electrons. The maximum absolute atomic E-state index is 6.11. The molecule has 0 saturated carbocycles. The first-order valence-electron chi connectivity index (χ1n) is 4.69. The summed E-state index contributed by atoms with van der Waals surface area (Å²) in [6.07, 6.45) is 1.82. The molecule has 0 spiro atoms. The van der Waals surface area contributed by atoms with Crippen LogP contribution in [0.4, 0.5) is 0 Å². The maximum atomic E-state index is 6.11. The molecular weight excluding hydrogens is 196 g/mol. The second kappa shape index (κ2) is 3.64. The van der Waals surface area contributed by atoms with Gasteiger partial charge >= 0.3 is 0 Å². The first kappa shape index (κ1) is 9.56. The van der Waals surface area contributed by atoms with Gasteiger partial charge in [0, 0.05) is 17.1 Å². The Morgan fingerprint density at radius 3 is 3.00 bits per heavy atom. The molecule has 0 fully saturated rings. The Balaban J connectivity index is 2.69. The number of aromatic amines is 1. The van der Waals surface area contributed by atoms with Crippen LogP contribution in [-0.4, -0.2) is 11.5 Å². The number of nitrogens with two attached hydrogens (primary N) is 1. The smallest absolute Gasteiger partial charge is 0.0662 e. The predicted octanol–water partition coefficient (Wildman–Crippen LogP) is 2.88. The van der Waals surface area contributed by atoms with Crippen LogP contribution in [-0.2, 0) is 0 Å². The minimum atomic E-state index is 0.340. The fourth-order valence-electron chi connectivity index (χ4n) is 1.71. The summed E-state index contributed by atoms with van der Waals surface area (Å²) in [6.45, 7) is 2.75. The molecule has 0 aliphatic heterocycles. The van der Waals surface area contributed by atoms with Gasteiger partial charge in [-0.2, -0.15) is 0 Å². The summed E-state index contributed by atoms with van der Waals surface area (Å²) < 4.78 is 0. The summed E-state index contributed by atoms with van der Waals surface area (Å²) in [7, 11) is 0. The zero-order valence-corrected chi connectivity index (χ0v) is 8.81. The van der Waals surface area contributed by atoms with Crippen LogP contribution < -0.4 is 5.73 Å². The first-order chi connectivity index (χ1) is 6.74. The number of nitrogens with one attached hydrogen (secondary N) is 1. The van der Waals surface area contributed by atoms with Crippen LogP contribution in [0, 0.1) is 0 Å². The summed E-state index contributed by atoms with van der Waals surface area (Å²) in [5.41, 5.74) is 7.96. The molecule has 1 unspecified atom stereocenters. The molecule has 14 heavy (non-hydrogen) atoms. The molecule has 3 heteroatoms. The predicted molar refractivity (Wildman–Crippen MR) is 60.8 cm³/mol. The lowest BCUT2D eigenvalue weighted by molar-refractivity contribution is 0.781. The molecule has 2 aromatic rings. The van der Waals surface area contributed by atoms with Crippen LogP contribution in [0.2, 0.25) is 5.02 Å². The largest absolute Gasteiger partial charge is 0.360 e. The number of benzene rings is 1. The van der Waals surface area contributed by atoms with Gasteiger partial charge in [-0.25, -0.2) is 0 Å². The number of hydrogen-bond donors (Lipinski definition) is 2. The molecule has 0 aliphatic carbocycles. The number of H-pyrrole nitrogens is 1. The van der Waals surface area contributed by atoms with Gasteiger partial charge in [-0.15, -0.1) is 0 Å². The molecule has 1 atom stereocenters. The molecular formula is C11H13ClN2. The monoisotopic (exact) mass is 208 g/mol. The van der Waals surface area contributed by atoms with Gasteiger partial charge in [0.25, 0.3) is 0 Å². The number of aromatic nitrogens is 1. The minimum absolute atomic E-state index is 0.340. The third kappa shape index (κ3) is 1.41. The number of rotatable bonds is 2. The third-order valence-corrected chi connectivity index (χ3v) is 2.87. The van der Waals surface area contributed by atoms with Gasteiger partial charge in [0.15, 0.2) is 0 Å². The highest BCUT2D eigenvalue weighted by atomic mass is 35.5. The van der Waals surface area contributed by atoms with Gasteiger partial charge in [0.05, 0.1) is 5.02 Å². The van der Waals surface area contributed by atoms with E-state index in [1.807, 2.05) is 18.3 Å². The second-order valence-electron chi connectivity index (χ2n) is 3.54. The van der Waals surface area contributed by atoms with Crippen LogP contribution in [0.15, 0.2) is 24.4 Å². The maximum Gasteiger partial charge on any atom is 0.0662 e.